The van der Waals surface area contributed by atoms with Gasteiger partial charge in [-0.05, 0) is 6.92 Å². The van der Waals surface area contributed by atoms with Gasteiger partial charge in [-0.3, -0.25) is 4.79 Å². The van der Waals surface area contributed by atoms with Crippen LogP contribution >= 0.6 is 0 Å². The van der Waals surface area contributed by atoms with E-state index in [2.05, 4.69) is 11.2 Å². The van der Waals surface area contributed by atoms with Gasteiger partial charge in [-0.2, -0.15) is 5.26 Å². The molecule has 0 saturated heterocycles. The zero-order valence-electron chi connectivity index (χ0n) is 11.4. The Hall–Kier alpha value is -2.61. The van der Waals surface area contributed by atoms with Crippen molar-refractivity contribution in [1.82, 2.24) is 10.1 Å². The van der Waals surface area contributed by atoms with Crippen LogP contribution in [0, 0.1) is 17.2 Å². The Balaban J connectivity index is 2.13. The van der Waals surface area contributed by atoms with Crippen LogP contribution in [-0.4, -0.2) is 29.6 Å². The van der Waals surface area contributed by atoms with Crippen LogP contribution in [0.4, 0.5) is 0 Å². The molecule has 5 nitrogen and oxygen atoms in total. The minimum Gasteiger partial charge on any atom is -0.355 e. The highest BCUT2D eigenvalue weighted by Gasteiger charge is 2.18. The number of carbonyl (C=O) groups excluding carboxylic acids is 1. The topological polar surface area (TPSA) is 70.1 Å². The number of benzene rings is 1. The van der Waals surface area contributed by atoms with E-state index in [9.17, 15) is 4.79 Å². The molecule has 0 saturated carbocycles. The third kappa shape index (κ3) is 3.04. The molecular weight excluding hydrogens is 254 g/mol. The maximum Gasteiger partial charge on any atom is 0.275 e. The average Bonchev–Trinajstić information content (AvgIpc) is 2.97. The van der Waals surface area contributed by atoms with Crippen molar-refractivity contribution in [2.75, 3.05) is 13.6 Å². The quantitative estimate of drug-likeness (QED) is 0.855. The van der Waals surface area contributed by atoms with Gasteiger partial charge in [0, 0.05) is 25.2 Å². The van der Waals surface area contributed by atoms with E-state index < -0.39 is 0 Å². The molecule has 1 amide bonds. The molecule has 0 aliphatic rings. The molecule has 1 unspecified atom stereocenters. The highest BCUT2D eigenvalue weighted by Crippen LogP contribution is 2.20. The number of nitrogens with zero attached hydrogens (tertiary/aromatic N) is 3. The van der Waals surface area contributed by atoms with Crippen LogP contribution in [0.2, 0.25) is 0 Å². The molecule has 1 aromatic heterocycles. The van der Waals surface area contributed by atoms with Crippen LogP contribution in [0.25, 0.3) is 11.3 Å². The lowest BCUT2D eigenvalue weighted by Gasteiger charge is -2.16. The fourth-order valence-electron chi connectivity index (χ4n) is 1.84. The molecule has 5 heteroatoms. The van der Waals surface area contributed by atoms with E-state index in [1.807, 2.05) is 30.3 Å². The molecule has 0 aliphatic carbocycles. The van der Waals surface area contributed by atoms with Gasteiger partial charge in [-0.15, -0.1) is 0 Å². The Bertz CT molecular complexity index is 628. The fraction of sp³-hybridized carbons (Fsp3) is 0.267. The predicted molar refractivity (Wildman–Crippen MR) is 73.7 cm³/mol. The summed E-state index contributed by atoms with van der Waals surface area (Å²) in [4.78, 5) is 13.6. The number of hydrogen-bond acceptors (Lipinski definition) is 4. The summed E-state index contributed by atoms with van der Waals surface area (Å²) in [6.45, 7) is 2.13. The Morgan fingerprint density at radius 1 is 1.45 bits per heavy atom. The first-order valence-electron chi connectivity index (χ1n) is 6.29. The van der Waals surface area contributed by atoms with Gasteiger partial charge >= 0.3 is 0 Å². The van der Waals surface area contributed by atoms with Gasteiger partial charge in [0.05, 0.1) is 12.0 Å². The van der Waals surface area contributed by atoms with E-state index >= 15 is 0 Å². The summed E-state index contributed by atoms with van der Waals surface area (Å²) in [7, 11) is 1.65. The molecule has 0 spiro atoms. The van der Waals surface area contributed by atoms with Crippen molar-refractivity contribution >= 4 is 5.91 Å². The maximum absolute atomic E-state index is 12.1. The van der Waals surface area contributed by atoms with E-state index in [-0.39, 0.29) is 17.5 Å². The summed E-state index contributed by atoms with van der Waals surface area (Å²) < 4.78 is 5.19. The largest absolute Gasteiger partial charge is 0.355 e. The lowest BCUT2D eigenvalue weighted by atomic mass is 10.1. The summed E-state index contributed by atoms with van der Waals surface area (Å²) in [6, 6.07) is 13.2. The van der Waals surface area contributed by atoms with Gasteiger partial charge in [0.25, 0.3) is 5.91 Å². The maximum atomic E-state index is 12.1. The summed E-state index contributed by atoms with van der Waals surface area (Å²) in [5.74, 6) is 0.0816. The number of rotatable bonds is 4. The minimum absolute atomic E-state index is 0.218. The Labute approximate surface area is 117 Å². The normalized spacial score (nSPS) is 11.7. The van der Waals surface area contributed by atoms with Crippen molar-refractivity contribution in [3.05, 3.63) is 42.1 Å². The van der Waals surface area contributed by atoms with E-state index in [1.54, 1.807) is 20.0 Å². The van der Waals surface area contributed by atoms with Crippen LogP contribution in [-0.2, 0) is 0 Å². The standard InChI is InChI=1S/C15H15N3O2/c1-11(9-16)10-18(2)15(19)13-8-14(20-17-13)12-6-4-3-5-7-12/h3-8,11H,10H2,1-2H3. The fourth-order valence-corrected chi connectivity index (χ4v) is 1.84. The Morgan fingerprint density at radius 2 is 2.15 bits per heavy atom. The van der Waals surface area contributed by atoms with Gasteiger partial charge < -0.3 is 9.42 Å². The van der Waals surface area contributed by atoms with Crippen LogP contribution < -0.4 is 0 Å². The molecular formula is C15H15N3O2. The third-order valence-corrected chi connectivity index (χ3v) is 2.90. The van der Waals surface area contributed by atoms with Crippen molar-refractivity contribution in [2.24, 2.45) is 5.92 Å². The first kappa shape index (κ1) is 13.8. The van der Waals surface area contributed by atoms with Crippen molar-refractivity contribution in [3.63, 3.8) is 0 Å². The monoisotopic (exact) mass is 269 g/mol. The molecule has 1 atom stereocenters. The highest BCUT2D eigenvalue weighted by atomic mass is 16.5. The van der Waals surface area contributed by atoms with Gasteiger partial charge in [0.2, 0.25) is 0 Å². The lowest BCUT2D eigenvalue weighted by molar-refractivity contribution is 0.0775. The number of amides is 1. The summed E-state index contributed by atoms with van der Waals surface area (Å²) in [6.07, 6.45) is 0. The lowest BCUT2D eigenvalue weighted by Crippen LogP contribution is -2.30. The molecule has 20 heavy (non-hydrogen) atoms. The smallest absolute Gasteiger partial charge is 0.275 e. The minimum atomic E-state index is -0.252. The van der Waals surface area contributed by atoms with E-state index in [4.69, 9.17) is 9.78 Å². The van der Waals surface area contributed by atoms with E-state index in [0.29, 0.717) is 12.3 Å². The van der Waals surface area contributed by atoms with Crippen molar-refractivity contribution in [2.45, 2.75) is 6.92 Å². The van der Waals surface area contributed by atoms with E-state index in [0.717, 1.165) is 5.56 Å². The zero-order chi connectivity index (χ0) is 14.5. The first-order valence-corrected chi connectivity index (χ1v) is 6.29. The summed E-state index contributed by atoms with van der Waals surface area (Å²) >= 11 is 0. The molecule has 0 fully saturated rings. The molecule has 1 heterocycles. The SMILES string of the molecule is CC(C#N)CN(C)C(=O)c1cc(-c2ccccc2)on1. The average molecular weight is 269 g/mol. The molecule has 0 N–H and O–H groups in total. The zero-order valence-corrected chi connectivity index (χ0v) is 11.4. The number of nitriles is 1. The Kier molecular flexibility index (Phi) is 4.16. The van der Waals surface area contributed by atoms with Crippen molar-refractivity contribution in [3.8, 4) is 17.4 Å². The van der Waals surface area contributed by atoms with Gasteiger partial charge in [-0.25, -0.2) is 0 Å². The second-order valence-electron chi connectivity index (χ2n) is 4.66. The summed E-state index contributed by atoms with van der Waals surface area (Å²) in [5.41, 5.74) is 1.11. The first-order chi connectivity index (χ1) is 9.61. The second-order valence-corrected chi connectivity index (χ2v) is 4.66. The van der Waals surface area contributed by atoms with Crippen LogP contribution in [0.5, 0.6) is 0 Å². The number of aromatic nitrogens is 1. The van der Waals surface area contributed by atoms with Crippen LogP contribution in [0.15, 0.2) is 40.9 Å². The highest BCUT2D eigenvalue weighted by molar-refractivity contribution is 5.92. The molecule has 2 aromatic rings. The Morgan fingerprint density at radius 3 is 2.80 bits per heavy atom. The van der Waals surface area contributed by atoms with Crippen molar-refractivity contribution < 1.29 is 9.32 Å². The second kappa shape index (κ2) is 6.02. The molecule has 1 aromatic carbocycles. The number of hydrogen-bond donors (Lipinski definition) is 0. The van der Waals surface area contributed by atoms with E-state index in [1.165, 1.54) is 4.90 Å². The molecule has 102 valence electrons. The molecule has 0 radical (unpaired) electrons. The number of carbonyl (C=O) groups is 1. The van der Waals surface area contributed by atoms with Crippen LogP contribution in [0.3, 0.4) is 0 Å². The van der Waals surface area contributed by atoms with Crippen LogP contribution in [0.1, 0.15) is 17.4 Å². The third-order valence-electron chi connectivity index (χ3n) is 2.90. The molecule has 2 rings (SSSR count). The van der Waals surface area contributed by atoms with Gasteiger partial charge in [0.15, 0.2) is 11.5 Å². The van der Waals surface area contributed by atoms with Gasteiger partial charge in [0.1, 0.15) is 0 Å². The van der Waals surface area contributed by atoms with Crippen molar-refractivity contribution in [1.29, 1.82) is 5.26 Å². The molecule has 0 aliphatic heterocycles. The van der Waals surface area contributed by atoms with Gasteiger partial charge in [-0.1, -0.05) is 35.5 Å². The molecule has 0 bridgehead atoms. The predicted octanol–water partition coefficient (Wildman–Crippen LogP) is 2.57. The summed E-state index contributed by atoms with van der Waals surface area (Å²) in [5, 5.41) is 12.6.